The van der Waals surface area contributed by atoms with Crippen molar-refractivity contribution in [2.24, 2.45) is 5.73 Å². The van der Waals surface area contributed by atoms with Crippen molar-refractivity contribution in [1.29, 1.82) is 0 Å². The van der Waals surface area contributed by atoms with Gasteiger partial charge in [-0.15, -0.1) is 0 Å². The maximum atomic E-state index is 13.1. The predicted molar refractivity (Wildman–Crippen MR) is 116 cm³/mol. The van der Waals surface area contributed by atoms with Gasteiger partial charge in [0.25, 0.3) is 0 Å². The summed E-state index contributed by atoms with van der Waals surface area (Å²) in [4.78, 5) is 11.6. The van der Waals surface area contributed by atoms with Crippen LogP contribution in [0.15, 0.2) is 47.4 Å². The van der Waals surface area contributed by atoms with Gasteiger partial charge in [0, 0.05) is 19.2 Å². The minimum Gasteiger partial charge on any atom is -0.366 e. The van der Waals surface area contributed by atoms with E-state index < -0.39 is 15.9 Å². The molecule has 0 atom stereocenters. The Labute approximate surface area is 173 Å². The molecule has 1 aliphatic rings. The Morgan fingerprint density at radius 3 is 2.55 bits per heavy atom. The van der Waals surface area contributed by atoms with Crippen molar-refractivity contribution in [1.82, 2.24) is 4.31 Å². The molecule has 3 rings (SSSR count). The Morgan fingerprint density at radius 1 is 1.17 bits per heavy atom. The maximum Gasteiger partial charge on any atom is 0.243 e. The molecule has 29 heavy (non-hydrogen) atoms. The molecular formula is C23H28N2O3S. The van der Waals surface area contributed by atoms with E-state index in [1.807, 2.05) is 25.1 Å². The minimum atomic E-state index is -3.54. The molecule has 0 aromatic heterocycles. The molecule has 154 valence electrons. The highest BCUT2D eigenvalue weighted by Crippen LogP contribution is 2.30. The zero-order valence-corrected chi connectivity index (χ0v) is 17.8. The molecule has 2 N–H and O–H groups in total. The van der Waals surface area contributed by atoms with Gasteiger partial charge in [0.15, 0.2) is 0 Å². The molecule has 6 heteroatoms. The van der Waals surface area contributed by atoms with E-state index in [-0.39, 0.29) is 0 Å². The van der Waals surface area contributed by atoms with Crippen LogP contribution in [0.3, 0.4) is 0 Å². The van der Waals surface area contributed by atoms with Gasteiger partial charge < -0.3 is 5.73 Å². The lowest BCUT2D eigenvalue weighted by Crippen LogP contribution is -2.36. The van der Waals surface area contributed by atoms with Crippen molar-refractivity contribution < 1.29 is 13.2 Å². The lowest BCUT2D eigenvalue weighted by atomic mass is 9.89. The lowest BCUT2D eigenvalue weighted by Gasteiger charge is -2.30. The van der Waals surface area contributed by atoms with Crippen LogP contribution in [0.1, 0.15) is 47.6 Å². The average molecular weight is 413 g/mol. The molecule has 0 unspecified atom stereocenters. The Kier molecular flexibility index (Phi) is 6.55. The fourth-order valence-corrected chi connectivity index (χ4v) is 5.15. The van der Waals surface area contributed by atoms with E-state index in [4.69, 9.17) is 5.73 Å². The number of amides is 1. The number of rotatable bonds is 7. The molecule has 1 amide bonds. The number of carbonyl (C=O) groups excluding carboxylic acids is 1. The van der Waals surface area contributed by atoms with E-state index >= 15 is 0 Å². The molecular weight excluding hydrogens is 384 g/mol. The predicted octanol–water partition coefficient (Wildman–Crippen LogP) is 3.58. The van der Waals surface area contributed by atoms with Crippen molar-refractivity contribution in [3.8, 4) is 0 Å². The largest absolute Gasteiger partial charge is 0.366 e. The topological polar surface area (TPSA) is 80.5 Å². The van der Waals surface area contributed by atoms with Crippen LogP contribution < -0.4 is 5.73 Å². The highest BCUT2D eigenvalue weighted by Gasteiger charge is 2.29. The number of nitrogens with zero attached hydrogens (tertiary/aromatic N) is 1. The van der Waals surface area contributed by atoms with Crippen molar-refractivity contribution in [2.75, 3.05) is 6.54 Å². The number of nitrogens with two attached hydrogens (primary N) is 1. The van der Waals surface area contributed by atoms with Crippen molar-refractivity contribution in [3.63, 3.8) is 0 Å². The van der Waals surface area contributed by atoms with E-state index in [1.165, 1.54) is 15.9 Å². The number of primary amides is 1. The summed E-state index contributed by atoms with van der Waals surface area (Å²) in [5.74, 6) is -0.483. The molecule has 0 fully saturated rings. The maximum absolute atomic E-state index is 13.1. The second kappa shape index (κ2) is 8.93. The average Bonchev–Trinajstić information content (AvgIpc) is 2.70. The Morgan fingerprint density at radius 2 is 1.90 bits per heavy atom. The standard InChI is InChI=1S/C23H28N2O3S/c1-3-4-5-18-8-9-19-16-25(15-14-22(19)21(18)12-13-23(24)26)29(27,28)20-10-6-17(2)7-11-20/h6-13H,3-5,14-16H2,1-2H3,(H2,24,26)/b13-12+. The van der Waals surface area contributed by atoms with Gasteiger partial charge in [0.05, 0.1) is 4.90 Å². The molecule has 1 heterocycles. The lowest BCUT2D eigenvalue weighted by molar-refractivity contribution is -0.113. The third-order valence-corrected chi connectivity index (χ3v) is 7.23. The van der Waals surface area contributed by atoms with Crippen molar-refractivity contribution in [2.45, 2.75) is 51.0 Å². The van der Waals surface area contributed by atoms with Gasteiger partial charge in [-0.05, 0) is 66.6 Å². The van der Waals surface area contributed by atoms with Crippen molar-refractivity contribution in [3.05, 3.63) is 70.3 Å². The number of sulfonamides is 1. The number of aryl methyl sites for hydroxylation is 2. The van der Waals surface area contributed by atoms with Crippen LogP contribution in [0.25, 0.3) is 6.08 Å². The van der Waals surface area contributed by atoms with Gasteiger partial charge in [-0.25, -0.2) is 8.42 Å². The number of benzene rings is 2. The summed E-state index contributed by atoms with van der Waals surface area (Å²) in [5.41, 5.74) is 10.6. The van der Waals surface area contributed by atoms with E-state index in [0.29, 0.717) is 24.4 Å². The number of fused-ring (bicyclic) bond motifs is 1. The van der Waals surface area contributed by atoms with E-state index in [2.05, 4.69) is 13.0 Å². The zero-order valence-electron chi connectivity index (χ0n) is 17.0. The number of carbonyl (C=O) groups is 1. The second-order valence-electron chi connectivity index (χ2n) is 7.52. The Hall–Kier alpha value is -2.44. The first kappa shape index (κ1) is 21.3. The summed E-state index contributed by atoms with van der Waals surface area (Å²) in [6.07, 6.45) is 6.85. The van der Waals surface area contributed by atoms with Crippen LogP contribution in [0.5, 0.6) is 0 Å². The smallest absolute Gasteiger partial charge is 0.243 e. The molecule has 0 spiro atoms. The van der Waals surface area contributed by atoms with Crippen LogP contribution >= 0.6 is 0 Å². The summed E-state index contributed by atoms with van der Waals surface area (Å²) >= 11 is 0. The molecule has 2 aromatic carbocycles. The van der Waals surface area contributed by atoms with E-state index in [9.17, 15) is 13.2 Å². The normalized spacial score (nSPS) is 14.8. The van der Waals surface area contributed by atoms with Crippen molar-refractivity contribution >= 4 is 22.0 Å². The number of hydrogen-bond donors (Lipinski definition) is 1. The summed E-state index contributed by atoms with van der Waals surface area (Å²) in [6.45, 7) is 4.82. The second-order valence-corrected chi connectivity index (χ2v) is 9.45. The van der Waals surface area contributed by atoms with Gasteiger partial charge in [-0.1, -0.05) is 43.2 Å². The summed E-state index contributed by atoms with van der Waals surface area (Å²) in [6, 6.07) is 11.0. The Bertz CT molecular complexity index is 1020. The summed E-state index contributed by atoms with van der Waals surface area (Å²) in [7, 11) is -3.54. The molecule has 0 saturated heterocycles. The van der Waals surface area contributed by atoms with Crippen LogP contribution in [0.4, 0.5) is 0 Å². The van der Waals surface area contributed by atoms with Gasteiger partial charge in [0.1, 0.15) is 0 Å². The summed E-state index contributed by atoms with van der Waals surface area (Å²) < 4.78 is 27.7. The molecule has 5 nitrogen and oxygen atoms in total. The van der Waals surface area contributed by atoms with Crippen LogP contribution in [0, 0.1) is 6.92 Å². The minimum absolute atomic E-state index is 0.319. The first-order valence-electron chi connectivity index (χ1n) is 10.0. The highest BCUT2D eigenvalue weighted by atomic mass is 32.2. The quantitative estimate of drug-likeness (QED) is 0.706. The third kappa shape index (κ3) is 4.77. The van der Waals surface area contributed by atoms with Crippen LogP contribution in [-0.4, -0.2) is 25.2 Å². The SMILES string of the molecule is CCCCc1ccc2c(c1/C=C/C(N)=O)CCN(S(=O)(=O)c1ccc(C)cc1)C2. The van der Waals surface area contributed by atoms with Gasteiger partial charge in [0.2, 0.25) is 15.9 Å². The van der Waals surface area contributed by atoms with Gasteiger partial charge in [-0.3, -0.25) is 4.79 Å². The Balaban J connectivity index is 1.94. The third-order valence-electron chi connectivity index (χ3n) is 5.37. The first-order chi connectivity index (χ1) is 13.8. The molecule has 2 aromatic rings. The van der Waals surface area contributed by atoms with Gasteiger partial charge >= 0.3 is 0 Å². The highest BCUT2D eigenvalue weighted by molar-refractivity contribution is 7.89. The zero-order chi connectivity index (χ0) is 21.0. The van der Waals surface area contributed by atoms with E-state index in [1.54, 1.807) is 18.2 Å². The number of unbranched alkanes of at least 4 members (excludes halogenated alkanes) is 1. The fraction of sp³-hybridized carbons (Fsp3) is 0.348. The number of hydrogen-bond acceptors (Lipinski definition) is 3. The summed E-state index contributed by atoms with van der Waals surface area (Å²) in [5, 5.41) is 0. The van der Waals surface area contributed by atoms with Crippen LogP contribution in [0.2, 0.25) is 0 Å². The van der Waals surface area contributed by atoms with E-state index in [0.717, 1.165) is 41.5 Å². The monoisotopic (exact) mass is 412 g/mol. The fourth-order valence-electron chi connectivity index (χ4n) is 3.73. The van der Waals surface area contributed by atoms with Crippen LogP contribution in [-0.2, 0) is 34.2 Å². The molecule has 0 radical (unpaired) electrons. The van der Waals surface area contributed by atoms with Gasteiger partial charge in [-0.2, -0.15) is 4.31 Å². The molecule has 1 aliphatic heterocycles. The molecule has 0 saturated carbocycles. The molecule has 0 aliphatic carbocycles. The molecule has 0 bridgehead atoms. The first-order valence-corrected chi connectivity index (χ1v) is 11.4.